The van der Waals surface area contributed by atoms with Gasteiger partial charge in [0.05, 0.1) is 10.1 Å². The molecule has 0 amide bonds. The van der Waals surface area contributed by atoms with Crippen LogP contribution in [0.15, 0.2) is 23.1 Å². The molecule has 3 nitrogen and oxygen atoms in total. The fraction of sp³-hybridized carbons (Fsp3) is 0.647. The van der Waals surface area contributed by atoms with Crippen molar-refractivity contribution >= 4 is 9.84 Å². The summed E-state index contributed by atoms with van der Waals surface area (Å²) < 4.78 is 26.2. The molecule has 118 valence electrons. The molecule has 2 unspecified atom stereocenters. The summed E-state index contributed by atoms with van der Waals surface area (Å²) in [5, 5.41) is 3.11. The third-order valence-electron chi connectivity index (χ3n) is 4.45. The summed E-state index contributed by atoms with van der Waals surface area (Å²) in [5.74, 6) is 0. The number of benzene rings is 1. The Labute approximate surface area is 129 Å². The van der Waals surface area contributed by atoms with E-state index in [0.717, 1.165) is 49.8 Å². The molecule has 0 saturated heterocycles. The highest BCUT2D eigenvalue weighted by Crippen LogP contribution is 2.30. The second-order valence-electron chi connectivity index (χ2n) is 6.15. The van der Waals surface area contributed by atoms with Crippen molar-refractivity contribution in [1.82, 2.24) is 5.32 Å². The maximum absolute atomic E-state index is 13.1. The Morgan fingerprint density at radius 2 is 1.86 bits per heavy atom. The van der Waals surface area contributed by atoms with Gasteiger partial charge in [-0.05, 0) is 44.9 Å². The van der Waals surface area contributed by atoms with Crippen LogP contribution >= 0.6 is 0 Å². The van der Waals surface area contributed by atoms with Crippen LogP contribution in [0.4, 0.5) is 0 Å². The van der Waals surface area contributed by atoms with Gasteiger partial charge in [-0.3, -0.25) is 0 Å². The van der Waals surface area contributed by atoms with E-state index >= 15 is 0 Å². The summed E-state index contributed by atoms with van der Waals surface area (Å²) in [6.07, 6.45) is 5.00. The predicted octanol–water partition coefficient (Wildman–Crippen LogP) is 3.39. The monoisotopic (exact) mass is 309 g/mol. The molecule has 2 atom stereocenters. The maximum Gasteiger partial charge on any atom is 0.183 e. The Morgan fingerprint density at radius 3 is 2.52 bits per heavy atom. The quantitative estimate of drug-likeness (QED) is 0.867. The lowest BCUT2D eigenvalue weighted by molar-refractivity contribution is 0.460. The zero-order chi connectivity index (χ0) is 15.5. The summed E-state index contributed by atoms with van der Waals surface area (Å²) in [6, 6.07) is 5.74. The largest absolute Gasteiger partial charge is 0.313 e. The first kappa shape index (κ1) is 16.5. The number of sulfone groups is 1. The van der Waals surface area contributed by atoms with Crippen LogP contribution in [0.5, 0.6) is 0 Å². The van der Waals surface area contributed by atoms with Crippen LogP contribution in [0, 0.1) is 13.8 Å². The van der Waals surface area contributed by atoms with Gasteiger partial charge in [0.25, 0.3) is 0 Å². The Morgan fingerprint density at radius 1 is 1.14 bits per heavy atom. The van der Waals surface area contributed by atoms with Crippen LogP contribution in [0.2, 0.25) is 0 Å². The molecule has 0 radical (unpaired) electrons. The number of rotatable bonds is 4. The van der Waals surface area contributed by atoms with E-state index < -0.39 is 9.84 Å². The molecule has 1 aliphatic carbocycles. The SMILES string of the molecule is CCNC1CCCCCC1S(=O)(=O)c1ccc(C)cc1C. The van der Waals surface area contributed by atoms with Gasteiger partial charge in [-0.2, -0.15) is 0 Å². The minimum absolute atomic E-state index is 0.0863. The highest BCUT2D eigenvalue weighted by molar-refractivity contribution is 7.92. The van der Waals surface area contributed by atoms with Gasteiger partial charge in [-0.15, -0.1) is 0 Å². The molecule has 1 saturated carbocycles. The van der Waals surface area contributed by atoms with Gasteiger partial charge >= 0.3 is 0 Å². The number of hydrogen-bond acceptors (Lipinski definition) is 3. The van der Waals surface area contributed by atoms with Crippen LogP contribution < -0.4 is 5.32 Å². The summed E-state index contributed by atoms with van der Waals surface area (Å²) in [4.78, 5) is 0.517. The summed E-state index contributed by atoms with van der Waals surface area (Å²) in [7, 11) is -3.27. The summed E-state index contributed by atoms with van der Waals surface area (Å²) in [5.41, 5.74) is 1.98. The van der Waals surface area contributed by atoms with E-state index in [2.05, 4.69) is 5.32 Å². The molecular weight excluding hydrogens is 282 g/mol. The molecule has 2 rings (SSSR count). The molecule has 21 heavy (non-hydrogen) atoms. The van der Waals surface area contributed by atoms with E-state index in [1.165, 1.54) is 0 Å². The van der Waals surface area contributed by atoms with Crippen molar-refractivity contribution in [2.75, 3.05) is 6.54 Å². The van der Waals surface area contributed by atoms with E-state index in [9.17, 15) is 8.42 Å². The topological polar surface area (TPSA) is 46.2 Å². The molecule has 1 N–H and O–H groups in total. The average Bonchev–Trinajstić information content (AvgIpc) is 2.64. The minimum Gasteiger partial charge on any atom is -0.313 e. The first-order valence-electron chi connectivity index (χ1n) is 8.01. The highest BCUT2D eigenvalue weighted by Gasteiger charge is 2.35. The molecular formula is C17H27NO2S. The zero-order valence-corrected chi connectivity index (χ0v) is 14.2. The number of hydrogen-bond donors (Lipinski definition) is 1. The minimum atomic E-state index is -3.27. The predicted molar refractivity (Wildman–Crippen MR) is 87.4 cm³/mol. The molecule has 0 bridgehead atoms. The van der Waals surface area contributed by atoms with Crippen molar-refractivity contribution in [3.05, 3.63) is 29.3 Å². The molecule has 1 aromatic rings. The van der Waals surface area contributed by atoms with Gasteiger partial charge in [-0.1, -0.05) is 43.9 Å². The molecule has 1 aliphatic rings. The molecule has 0 aromatic heterocycles. The summed E-state index contributed by atoms with van der Waals surface area (Å²) >= 11 is 0. The smallest absolute Gasteiger partial charge is 0.183 e. The lowest BCUT2D eigenvalue weighted by Crippen LogP contribution is -2.43. The Balaban J connectivity index is 2.39. The molecule has 0 spiro atoms. The zero-order valence-electron chi connectivity index (χ0n) is 13.4. The molecule has 1 aromatic carbocycles. The van der Waals surface area contributed by atoms with E-state index in [-0.39, 0.29) is 11.3 Å². The van der Waals surface area contributed by atoms with Gasteiger partial charge in [0, 0.05) is 6.04 Å². The summed E-state index contributed by atoms with van der Waals surface area (Å²) in [6.45, 7) is 6.77. The molecule has 0 aliphatic heterocycles. The lowest BCUT2D eigenvalue weighted by Gasteiger charge is -2.26. The fourth-order valence-corrected chi connectivity index (χ4v) is 5.66. The Kier molecular flexibility index (Phi) is 5.44. The van der Waals surface area contributed by atoms with E-state index in [4.69, 9.17) is 0 Å². The average molecular weight is 309 g/mol. The van der Waals surface area contributed by atoms with Crippen molar-refractivity contribution in [3.8, 4) is 0 Å². The molecule has 0 heterocycles. The first-order valence-corrected chi connectivity index (χ1v) is 9.56. The van der Waals surface area contributed by atoms with Gasteiger partial charge in [0.1, 0.15) is 0 Å². The van der Waals surface area contributed by atoms with Crippen LogP contribution in [-0.4, -0.2) is 26.3 Å². The van der Waals surface area contributed by atoms with Crippen LogP contribution in [-0.2, 0) is 9.84 Å². The van der Waals surface area contributed by atoms with Gasteiger partial charge in [0.15, 0.2) is 9.84 Å². The first-order chi connectivity index (χ1) is 9.96. The van der Waals surface area contributed by atoms with Crippen molar-refractivity contribution < 1.29 is 8.42 Å². The van der Waals surface area contributed by atoms with Crippen molar-refractivity contribution in [2.24, 2.45) is 0 Å². The van der Waals surface area contributed by atoms with Crippen molar-refractivity contribution in [3.63, 3.8) is 0 Å². The van der Waals surface area contributed by atoms with Crippen LogP contribution in [0.3, 0.4) is 0 Å². The van der Waals surface area contributed by atoms with Crippen LogP contribution in [0.25, 0.3) is 0 Å². The Hall–Kier alpha value is -0.870. The Bertz CT molecular complexity index is 580. The second kappa shape index (κ2) is 6.93. The van der Waals surface area contributed by atoms with Crippen molar-refractivity contribution in [1.29, 1.82) is 0 Å². The van der Waals surface area contributed by atoms with E-state index in [1.54, 1.807) is 6.07 Å². The van der Waals surface area contributed by atoms with E-state index in [1.807, 2.05) is 32.9 Å². The van der Waals surface area contributed by atoms with Crippen molar-refractivity contribution in [2.45, 2.75) is 69.1 Å². The standard InChI is InChI=1S/C17H27NO2S/c1-4-18-15-8-6-5-7-9-17(15)21(19,20)16-11-10-13(2)12-14(16)3/h10-12,15,17-18H,4-9H2,1-3H3. The second-order valence-corrected chi connectivity index (χ2v) is 8.29. The van der Waals surface area contributed by atoms with Crippen LogP contribution in [0.1, 0.15) is 50.2 Å². The van der Waals surface area contributed by atoms with Gasteiger partial charge in [-0.25, -0.2) is 8.42 Å². The van der Waals surface area contributed by atoms with E-state index in [0.29, 0.717) is 4.90 Å². The number of aryl methyl sites for hydroxylation is 2. The molecule has 4 heteroatoms. The lowest BCUT2D eigenvalue weighted by atomic mass is 10.1. The fourth-order valence-electron chi connectivity index (χ4n) is 3.42. The highest BCUT2D eigenvalue weighted by atomic mass is 32.2. The maximum atomic E-state index is 13.1. The molecule has 1 fully saturated rings. The number of nitrogens with one attached hydrogen (secondary N) is 1. The van der Waals surface area contributed by atoms with Gasteiger partial charge < -0.3 is 5.32 Å². The third kappa shape index (κ3) is 3.67. The van der Waals surface area contributed by atoms with Gasteiger partial charge in [0.2, 0.25) is 0 Å². The third-order valence-corrected chi connectivity index (χ3v) is 6.89. The normalized spacial score (nSPS) is 23.8.